The summed E-state index contributed by atoms with van der Waals surface area (Å²) in [5, 5.41) is 22.0. The second-order valence-electron chi connectivity index (χ2n) is 7.57. The van der Waals surface area contributed by atoms with Crippen LogP contribution in [0.3, 0.4) is 0 Å². The number of benzene rings is 1. The van der Waals surface area contributed by atoms with Crippen molar-refractivity contribution in [3.8, 4) is 22.6 Å². The fraction of sp³-hybridized carbons (Fsp3) is 0.286. The maximum Gasteiger partial charge on any atom is 0.414 e. The van der Waals surface area contributed by atoms with Gasteiger partial charge in [0, 0.05) is 23.5 Å². The highest BCUT2D eigenvalue weighted by molar-refractivity contribution is 5.90. The van der Waals surface area contributed by atoms with E-state index in [9.17, 15) is 14.3 Å². The summed E-state index contributed by atoms with van der Waals surface area (Å²) in [6, 6.07) is 7.91. The summed E-state index contributed by atoms with van der Waals surface area (Å²) in [4.78, 5) is 19.1. The van der Waals surface area contributed by atoms with E-state index in [-0.39, 0.29) is 12.5 Å². The van der Waals surface area contributed by atoms with Gasteiger partial charge in [-0.3, -0.25) is 9.88 Å². The van der Waals surface area contributed by atoms with Crippen LogP contribution in [0.15, 0.2) is 43.1 Å². The molecule has 2 aliphatic rings. The van der Waals surface area contributed by atoms with Crippen molar-refractivity contribution in [1.82, 2.24) is 25.2 Å². The highest BCUT2D eigenvalue weighted by Gasteiger charge is 2.43. The maximum atomic E-state index is 14.9. The van der Waals surface area contributed by atoms with Gasteiger partial charge in [0.05, 0.1) is 18.3 Å². The van der Waals surface area contributed by atoms with Gasteiger partial charge in [0.1, 0.15) is 17.6 Å². The minimum Gasteiger partial charge on any atom is -0.441 e. The van der Waals surface area contributed by atoms with E-state index < -0.39 is 24.1 Å². The quantitative estimate of drug-likeness (QED) is 0.651. The molecule has 1 aromatic carbocycles. The largest absolute Gasteiger partial charge is 0.441 e. The van der Waals surface area contributed by atoms with Crippen LogP contribution in [0.25, 0.3) is 28.8 Å². The molecule has 1 N–H and O–H groups in total. The third kappa shape index (κ3) is 3.66. The Morgan fingerprint density at radius 3 is 2.77 bits per heavy atom. The third-order valence-electron chi connectivity index (χ3n) is 5.48. The summed E-state index contributed by atoms with van der Waals surface area (Å²) in [7, 11) is 0. The van der Waals surface area contributed by atoms with Crippen molar-refractivity contribution in [2.24, 2.45) is 5.92 Å². The average molecular weight is 422 g/mol. The molecule has 1 amide bonds. The lowest BCUT2D eigenvalue weighted by molar-refractivity contribution is 0.0200. The topological polar surface area (TPSA) is 106 Å². The van der Waals surface area contributed by atoms with E-state index in [4.69, 9.17) is 4.74 Å². The molecule has 31 heavy (non-hydrogen) atoms. The third-order valence-corrected chi connectivity index (χ3v) is 5.48. The maximum absolute atomic E-state index is 14.9. The van der Waals surface area contributed by atoms with Crippen LogP contribution in [-0.2, 0) is 4.74 Å². The number of amides is 1. The molecule has 1 saturated heterocycles. The fourth-order valence-electron chi connectivity index (χ4n) is 3.61. The van der Waals surface area contributed by atoms with Crippen molar-refractivity contribution in [2.45, 2.75) is 25.0 Å². The van der Waals surface area contributed by atoms with E-state index >= 15 is 0 Å². The molecule has 158 valence electrons. The Hall–Kier alpha value is -3.66. The van der Waals surface area contributed by atoms with Crippen LogP contribution in [0, 0.1) is 11.7 Å². The lowest BCUT2D eigenvalue weighted by atomic mass is 10.1. The molecule has 10 heteroatoms. The fourth-order valence-corrected chi connectivity index (χ4v) is 3.61. The molecule has 0 bridgehead atoms. The van der Waals surface area contributed by atoms with E-state index in [2.05, 4.69) is 27.0 Å². The van der Waals surface area contributed by atoms with Crippen LogP contribution < -0.4 is 4.90 Å². The number of cyclic esters (lactones) is 1. The van der Waals surface area contributed by atoms with Gasteiger partial charge >= 0.3 is 6.09 Å². The van der Waals surface area contributed by atoms with E-state index in [1.54, 1.807) is 24.3 Å². The van der Waals surface area contributed by atoms with Crippen LogP contribution in [-0.4, -0.2) is 55.1 Å². The van der Waals surface area contributed by atoms with Crippen molar-refractivity contribution >= 4 is 18.0 Å². The molecule has 1 aliphatic heterocycles. The number of aliphatic hydroxyl groups is 1. The van der Waals surface area contributed by atoms with Gasteiger partial charge < -0.3 is 9.84 Å². The molecule has 3 aromatic rings. The van der Waals surface area contributed by atoms with Gasteiger partial charge in [-0.2, -0.15) is 0 Å². The number of carbonyl (C=O) groups excluding carboxylic acids is 1. The SMILES string of the molecule is C=Cn1nnc(-c2ccc(-c3ccc(N4CC(C(O)C5CC5)OC4=O)cc3F)cn2)n1. The molecule has 9 nitrogen and oxygen atoms in total. The molecule has 5 rings (SSSR count). The molecule has 3 heterocycles. The number of ether oxygens (including phenoxy) is 1. The Kier molecular flexibility index (Phi) is 4.70. The predicted molar refractivity (Wildman–Crippen MR) is 109 cm³/mol. The molecule has 2 fully saturated rings. The Labute approximate surface area is 176 Å². The van der Waals surface area contributed by atoms with Gasteiger partial charge in [-0.25, -0.2) is 9.18 Å². The highest BCUT2D eigenvalue weighted by Crippen LogP contribution is 2.37. The number of hydrogen-bond donors (Lipinski definition) is 1. The number of pyridine rings is 1. The number of hydrogen-bond acceptors (Lipinski definition) is 7. The number of tetrazole rings is 1. The summed E-state index contributed by atoms with van der Waals surface area (Å²) < 4.78 is 20.2. The molecule has 2 atom stereocenters. The van der Waals surface area contributed by atoms with Gasteiger partial charge in [-0.1, -0.05) is 12.6 Å². The lowest BCUT2D eigenvalue weighted by Crippen LogP contribution is -2.32. The van der Waals surface area contributed by atoms with Crippen LogP contribution in [0.5, 0.6) is 0 Å². The van der Waals surface area contributed by atoms with Crippen molar-refractivity contribution in [3.05, 3.63) is 48.9 Å². The van der Waals surface area contributed by atoms with Crippen LogP contribution in [0.4, 0.5) is 14.9 Å². The molecule has 1 saturated carbocycles. The van der Waals surface area contributed by atoms with Crippen molar-refractivity contribution in [1.29, 1.82) is 0 Å². The zero-order chi connectivity index (χ0) is 21.5. The normalized spacial score (nSPS) is 19.4. The Morgan fingerprint density at radius 2 is 2.13 bits per heavy atom. The highest BCUT2D eigenvalue weighted by atomic mass is 19.1. The van der Waals surface area contributed by atoms with Gasteiger partial charge in [-0.05, 0) is 48.2 Å². The summed E-state index contributed by atoms with van der Waals surface area (Å²) in [6.07, 6.45) is 2.96. The van der Waals surface area contributed by atoms with E-state index in [1.807, 2.05) is 0 Å². The Bertz CT molecular complexity index is 1140. The Balaban J connectivity index is 1.34. The van der Waals surface area contributed by atoms with Crippen molar-refractivity contribution in [3.63, 3.8) is 0 Å². The van der Waals surface area contributed by atoms with E-state index in [1.165, 1.54) is 28.2 Å². The first-order valence-electron chi connectivity index (χ1n) is 9.88. The zero-order valence-corrected chi connectivity index (χ0v) is 16.4. The summed E-state index contributed by atoms with van der Waals surface area (Å²) in [5.41, 5.74) is 1.78. The number of halogens is 1. The molecule has 2 unspecified atom stereocenters. The lowest BCUT2D eigenvalue weighted by Gasteiger charge is -2.16. The van der Waals surface area contributed by atoms with Crippen molar-refractivity contribution < 1.29 is 19.0 Å². The first kappa shape index (κ1) is 19.3. The monoisotopic (exact) mass is 422 g/mol. The molecule has 0 spiro atoms. The van der Waals surface area contributed by atoms with Crippen LogP contribution in [0.1, 0.15) is 12.8 Å². The van der Waals surface area contributed by atoms with Crippen molar-refractivity contribution in [2.75, 3.05) is 11.4 Å². The number of aromatic nitrogens is 5. The Morgan fingerprint density at radius 1 is 1.29 bits per heavy atom. The number of carbonyl (C=O) groups is 1. The second kappa shape index (κ2) is 7.55. The average Bonchev–Trinajstić information content (AvgIpc) is 3.39. The first-order valence-corrected chi connectivity index (χ1v) is 9.88. The van der Waals surface area contributed by atoms with Gasteiger partial charge in [0.15, 0.2) is 0 Å². The number of anilines is 1. The second-order valence-corrected chi connectivity index (χ2v) is 7.57. The number of aliphatic hydroxyl groups excluding tert-OH is 1. The van der Waals surface area contributed by atoms with E-state index in [0.29, 0.717) is 28.3 Å². The zero-order valence-electron chi connectivity index (χ0n) is 16.4. The minimum absolute atomic E-state index is 0.184. The summed E-state index contributed by atoms with van der Waals surface area (Å²) >= 11 is 0. The summed E-state index contributed by atoms with van der Waals surface area (Å²) in [5.74, 6) is 0.0170. The molecule has 1 aliphatic carbocycles. The molecular weight excluding hydrogens is 403 g/mol. The smallest absolute Gasteiger partial charge is 0.414 e. The molecular formula is C21H19FN6O3. The number of rotatable bonds is 6. The number of nitrogens with zero attached hydrogens (tertiary/aromatic N) is 6. The minimum atomic E-state index is -0.676. The molecule has 2 aromatic heterocycles. The van der Waals surface area contributed by atoms with E-state index in [0.717, 1.165) is 12.8 Å². The van der Waals surface area contributed by atoms with Crippen LogP contribution >= 0.6 is 0 Å². The van der Waals surface area contributed by atoms with Gasteiger partial charge in [0.2, 0.25) is 5.82 Å². The predicted octanol–water partition coefficient (Wildman–Crippen LogP) is 2.74. The van der Waals surface area contributed by atoms with Gasteiger partial charge in [-0.15, -0.1) is 15.0 Å². The summed E-state index contributed by atoms with van der Waals surface area (Å²) in [6.45, 7) is 3.75. The van der Waals surface area contributed by atoms with Crippen LogP contribution in [0.2, 0.25) is 0 Å². The van der Waals surface area contributed by atoms with Gasteiger partial charge in [0.25, 0.3) is 0 Å². The first-order chi connectivity index (χ1) is 15.0. The molecule has 0 radical (unpaired) electrons. The standard InChI is InChI=1S/C21H19FN6O3/c1-2-28-25-20(24-26-28)17-8-5-13(10-23-17)15-7-6-14(9-16(15)22)27-11-18(31-21(27)30)19(29)12-3-4-12/h2,5-10,12,18-19,29H,1,3-4,11H2.